The van der Waals surface area contributed by atoms with Crippen LogP contribution in [0.25, 0.3) is 0 Å². The molecular formula is C16H28O3. The molecule has 0 aromatic heterocycles. The lowest BCUT2D eigenvalue weighted by Gasteiger charge is -2.23. The van der Waals surface area contributed by atoms with E-state index in [0.29, 0.717) is 5.92 Å². The summed E-state index contributed by atoms with van der Waals surface area (Å²) in [6.07, 6.45) is 9.53. The fraction of sp³-hybridized carbons (Fsp3) is 0.688. The molecule has 0 aliphatic rings. The van der Waals surface area contributed by atoms with Gasteiger partial charge in [-0.2, -0.15) is 0 Å². The molecule has 110 valence electrons. The molecule has 0 rings (SSSR count). The second kappa shape index (κ2) is 8.92. The van der Waals surface area contributed by atoms with Gasteiger partial charge in [-0.15, -0.1) is 0 Å². The molecule has 0 aliphatic carbocycles. The molecule has 0 aromatic carbocycles. The van der Waals surface area contributed by atoms with E-state index in [2.05, 4.69) is 26.8 Å². The van der Waals surface area contributed by atoms with Gasteiger partial charge in [-0.3, -0.25) is 0 Å². The summed E-state index contributed by atoms with van der Waals surface area (Å²) in [6.45, 7) is 8.24. The summed E-state index contributed by atoms with van der Waals surface area (Å²) in [5.41, 5.74) is 0.747. The molecule has 19 heavy (non-hydrogen) atoms. The Morgan fingerprint density at radius 1 is 1.42 bits per heavy atom. The third-order valence-corrected chi connectivity index (χ3v) is 3.30. The normalized spacial score (nSPS) is 14.9. The Bertz CT molecular complexity index is 327. The lowest BCUT2D eigenvalue weighted by molar-refractivity contribution is -0.131. The number of allylic oxidation sites excluding steroid dienone is 3. The van der Waals surface area contributed by atoms with Gasteiger partial charge in [0, 0.05) is 13.2 Å². The predicted molar refractivity (Wildman–Crippen MR) is 79.3 cm³/mol. The van der Waals surface area contributed by atoms with Gasteiger partial charge >= 0.3 is 5.97 Å². The topological polar surface area (TPSA) is 46.5 Å². The maximum absolute atomic E-state index is 10.4. The van der Waals surface area contributed by atoms with E-state index in [9.17, 15) is 4.79 Å². The first-order valence-corrected chi connectivity index (χ1v) is 6.90. The average Bonchev–Trinajstić information content (AvgIpc) is 2.27. The number of hydrogen-bond acceptors (Lipinski definition) is 2. The van der Waals surface area contributed by atoms with E-state index in [1.165, 1.54) is 12.5 Å². The maximum Gasteiger partial charge on any atom is 0.328 e. The standard InChI is InChI=1S/C16H28O3/c1-13(10-7-11-16(3,4)19-5)8-6-9-14(2)12-15(17)18/h6,9,12-13H,7-8,10-11H2,1-5H3,(H,17,18)/b9-6+,14-12+/t13-/m0/s1. The molecule has 0 radical (unpaired) electrons. The van der Waals surface area contributed by atoms with Crippen molar-refractivity contribution in [1.29, 1.82) is 0 Å². The maximum atomic E-state index is 10.4. The van der Waals surface area contributed by atoms with Gasteiger partial charge in [0.05, 0.1) is 5.60 Å². The van der Waals surface area contributed by atoms with Crippen LogP contribution in [0.2, 0.25) is 0 Å². The van der Waals surface area contributed by atoms with Crippen LogP contribution in [0.1, 0.15) is 53.4 Å². The summed E-state index contributed by atoms with van der Waals surface area (Å²) in [6, 6.07) is 0. The summed E-state index contributed by atoms with van der Waals surface area (Å²) in [5.74, 6) is -0.279. The zero-order chi connectivity index (χ0) is 14.9. The second-order valence-electron chi connectivity index (χ2n) is 5.83. The fourth-order valence-electron chi connectivity index (χ4n) is 1.83. The number of ether oxygens (including phenoxy) is 1. The van der Waals surface area contributed by atoms with Crippen LogP contribution in [-0.2, 0) is 9.53 Å². The smallest absolute Gasteiger partial charge is 0.328 e. The Kier molecular flexibility index (Phi) is 8.41. The minimum Gasteiger partial charge on any atom is -0.478 e. The molecule has 0 fully saturated rings. The zero-order valence-corrected chi connectivity index (χ0v) is 12.9. The van der Waals surface area contributed by atoms with E-state index >= 15 is 0 Å². The van der Waals surface area contributed by atoms with Gasteiger partial charge in [-0.1, -0.05) is 31.9 Å². The van der Waals surface area contributed by atoms with E-state index in [4.69, 9.17) is 9.84 Å². The SMILES string of the molecule is COC(C)(C)CCC[C@@H](C)C/C=C/C(C)=C/C(=O)O. The third-order valence-electron chi connectivity index (χ3n) is 3.30. The van der Waals surface area contributed by atoms with Crippen molar-refractivity contribution < 1.29 is 14.6 Å². The minimum atomic E-state index is -0.892. The van der Waals surface area contributed by atoms with E-state index in [0.717, 1.165) is 24.8 Å². The summed E-state index contributed by atoms with van der Waals surface area (Å²) in [7, 11) is 1.75. The van der Waals surface area contributed by atoms with E-state index < -0.39 is 5.97 Å². The Hall–Kier alpha value is -1.09. The van der Waals surface area contributed by atoms with Crippen LogP contribution in [0.5, 0.6) is 0 Å². The molecule has 0 saturated carbocycles. The zero-order valence-electron chi connectivity index (χ0n) is 12.9. The molecule has 0 amide bonds. The monoisotopic (exact) mass is 268 g/mol. The lowest BCUT2D eigenvalue weighted by Crippen LogP contribution is -2.22. The Morgan fingerprint density at radius 2 is 2.05 bits per heavy atom. The first-order chi connectivity index (χ1) is 8.76. The quantitative estimate of drug-likeness (QED) is 0.503. The number of rotatable bonds is 9. The van der Waals surface area contributed by atoms with Crippen LogP contribution in [0.15, 0.2) is 23.8 Å². The molecule has 3 heteroatoms. The van der Waals surface area contributed by atoms with Crippen molar-refractivity contribution in [3.05, 3.63) is 23.8 Å². The van der Waals surface area contributed by atoms with Gasteiger partial charge in [0.1, 0.15) is 0 Å². The van der Waals surface area contributed by atoms with Gasteiger partial charge in [0.25, 0.3) is 0 Å². The summed E-state index contributed by atoms with van der Waals surface area (Å²) < 4.78 is 5.39. The average molecular weight is 268 g/mol. The highest BCUT2D eigenvalue weighted by atomic mass is 16.5. The first-order valence-electron chi connectivity index (χ1n) is 6.90. The van der Waals surface area contributed by atoms with Crippen molar-refractivity contribution in [3.63, 3.8) is 0 Å². The molecule has 0 bridgehead atoms. The van der Waals surface area contributed by atoms with Crippen molar-refractivity contribution in [2.75, 3.05) is 7.11 Å². The molecule has 1 atom stereocenters. The van der Waals surface area contributed by atoms with E-state index in [1.807, 2.05) is 6.08 Å². The summed E-state index contributed by atoms with van der Waals surface area (Å²) in [4.78, 5) is 10.4. The van der Waals surface area contributed by atoms with Crippen molar-refractivity contribution >= 4 is 5.97 Å². The van der Waals surface area contributed by atoms with Crippen molar-refractivity contribution in [1.82, 2.24) is 0 Å². The van der Waals surface area contributed by atoms with Crippen LogP contribution in [0, 0.1) is 5.92 Å². The molecule has 3 nitrogen and oxygen atoms in total. The largest absolute Gasteiger partial charge is 0.478 e. The second-order valence-corrected chi connectivity index (χ2v) is 5.83. The van der Waals surface area contributed by atoms with Gasteiger partial charge in [-0.25, -0.2) is 4.79 Å². The number of hydrogen-bond donors (Lipinski definition) is 1. The molecular weight excluding hydrogens is 240 g/mol. The molecule has 0 aromatic rings. The highest BCUT2D eigenvalue weighted by molar-refractivity contribution is 5.81. The molecule has 1 N–H and O–H groups in total. The first kappa shape index (κ1) is 17.9. The van der Waals surface area contributed by atoms with Gasteiger partial charge < -0.3 is 9.84 Å². The van der Waals surface area contributed by atoms with Gasteiger partial charge in [-0.05, 0) is 45.1 Å². The Morgan fingerprint density at radius 3 is 2.58 bits per heavy atom. The van der Waals surface area contributed by atoms with Crippen LogP contribution in [0.4, 0.5) is 0 Å². The number of carbonyl (C=O) groups is 1. The third kappa shape index (κ3) is 10.5. The molecule has 0 saturated heterocycles. The van der Waals surface area contributed by atoms with Crippen LogP contribution in [0.3, 0.4) is 0 Å². The summed E-state index contributed by atoms with van der Waals surface area (Å²) >= 11 is 0. The minimum absolute atomic E-state index is 0.0314. The number of aliphatic carboxylic acids is 1. The highest BCUT2D eigenvalue weighted by Gasteiger charge is 2.15. The van der Waals surface area contributed by atoms with Crippen LogP contribution >= 0.6 is 0 Å². The van der Waals surface area contributed by atoms with Crippen molar-refractivity contribution in [2.45, 2.75) is 59.0 Å². The van der Waals surface area contributed by atoms with Crippen molar-refractivity contribution in [2.24, 2.45) is 5.92 Å². The highest BCUT2D eigenvalue weighted by Crippen LogP contribution is 2.20. The lowest BCUT2D eigenvalue weighted by atomic mass is 9.95. The molecule has 0 heterocycles. The fourth-order valence-corrected chi connectivity index (χ4v) is 1.83. The van der Waals surface area contributed by atoms with E-state index in [1.54, 1.807) is 14.0 Å². The Labute approximate surface area is 117 Å². The van der Waals surface area contributed by atoms with E-state index in [-0.39, 0.29) is 5.60 Å². The van der Waals surface area contributed by atoms with Gasteiger partial charge in [0.15, 0.2) is 0 Å². The molecule has 0 spiro atoms. The van der Waals surface area contributed by atoms with Crippen LogP contribution < -0.4 is 0 Å². The molecule has 0 unspecified atom stereocenters. The van der Waals surface area contributed by atoms with Crippen LogP contribution in [-0.4, -0.2) is 23.8 Å². The predicted octanol–water partition coefficient (Wildman–Crippen LogP) is 4.20. The Balaban J connectivity index is 3.91. The number of carboxylic acids is 1. The number of carboxylic acid groups (broad SMARTS) is 1. The number of methoxy groups -OCH3 is 1. The summed E-state index contributed by atoms with van der Waals surface area (Å²) in [5, 5.41) is 8.59. The van der Waals surface area contributed by atoms with Crippen molar-refractivity contribution in [3.8, 4) is 0 Å². The molecule has 0 aliphatic heterocycles. The van der Waals surface area contributed by atoms with Gasteiger partial charge in [0.2, 0.25) is 0 Å².